The standard InChI is InChI=1S/C26H29NO7/c1-4-33-26(17-5-7-19(8-6-17)27-11-13-32-14-12-27)25(29)21-10-9-20(34-21)18-15-22(30-2)24(28)23(16-18)31-3/h5-10,15-16,26,28H,4,11-14H2,1-3H3. The Kier molecular flexibility index (Phi) is 7.40. The number of carbonyl (C=O) groups excluding carboxylic acids is 1. The van der Waals surface area contributed by atoms with Gasteiger partial charge in [-0.2, -0.15) is 0 Å². The summed E-state index contributed by atoms with van der Waals surface area (Å²) in [4.78, 5) is 15.6. The summed E-state index contributed by atoms with van der Waals surface area (Å²) in [7, 11) is 2.90. The van der Waals surface area contributed by atoms with Gasteiger partial charge in [0.15, 0.2) is 17.3 Å². The molecule has 1 fully saturated rings. The molecule has 1 aliphatic heterocycles. The maximum absolute atomic E-state index is 13.3. The van der Waals surface area contributed by atoms with Crippen LogP contribution in [0.2, 0.25) is 0 Å². The highest BCUT2D eigenvalue weighted by Gasteiger charge is 2.26. The summed E-state index contributed by atoms with van der Waals surface area (Å²) in [6.07, 6.45) is -0.786. The van der Waals surface area contributed by atoms with E-state index in [0.717, 1.165) is 24.3 Å². The number of phenols is 1. The van der Waals surface area contributed by atoms with Gasteiger partial charge in [-0.3, -0.25) is 4.79 Å². The second-order valence-corrected chi connectivity index (χ2v) is 7.78. The maximum Gasteiger partial charge on any atom is 0.231 e. The van der Waals surface area contributed by atoms with Gasteiger partial charge < -0.3 is 33.4 Å². The maximum atomic E-state index is 13.3. The lowest BCUT2D eigenvalue weighted by Crippen LogP contribution is -2.36. The first-order valence-electron chi connectivity index (χ1n) is 11.2. The van der Waals surface area contributed by atoms with E-state index in [-0.39, 0.29) is 28.8 Å². The van der Waals surface area contributed by atoms with Crippen molar-refractivity contribution in [1.82, 2.24) is 0 Å². The molecule has 0 spiro atoms. The first-order valence-corrected chi connectivity index (χ1v) is 11.2. The highest BCUT2D eigenvalue weighted by atomic mass is 16.5. The number of aromatic hydroxyl groups is 1. The number of benzene rings is 2. The number of hydrogen-bond donors (Lipinski definition) is 1. The van der Waals surface area contributed by atoms with Crippen LogP contribution in [-0.4, -0.2) is 58.0 Å². The Morgan fingerprint density at radius 1 is 1.03 bits per heavy atom. The predicted octanol–water partition coefficient (Wildman–Crippen LogP) is 4.47. The number of methoxy groups -OCH3 is 2. The Bertz CT molecular complexity index is 1090. The zero-order valence-corrected chi connectivity index (χ0v) is 19.6. The average molecular weight is 468 g/mol. The summed E-state index contributed by atoms with van der Waals surface area (Å²) < 4.78 is 27.6. The number of ketones is 1. The van der Waals surface area contributed by atoms with Gasteiger partial charge in [-0.15, -0.1) is 0 Å². The fraction of sp³-hybridized carbons (Fsp3) is 0.346. The molecule has 0 radical (unpaired) electrons. The predicted molar refractivity (Wildman–Crippen MR) is 127 cm³/mol. The van der Waals surface area contributed by atoms with Gasteiger partial charge in [0.2, 0.25) is 11.5 Å². The third kappa shape index (κ3) is 4.88. The second kappa shape index (κ2) is 10.6. The number of phenolic OH excluding ortho intramolecular Hbond substituents is 1. The monoisotopic (exact) mass is 467 g/mol. The number of furan rings is 1. The molecule has 1 aromatic heterocycles. The van der Waals surface area contributed by atoms with Crippen molar-refractivity contribution in [3.8, 4) is 28.6 Å². The third-order valence-corrected chi connectivity index (χ3v) is 5.76. The summed E-state index contributed by atoms with van der Waals surface area (Å²) in [6.45, 7) is 5.33. The number of nitrogens with zero attached hydrogens (tertiary/aromatic N) is 1. The Balaban J connectivity index is 1.57. The number of hydrogen-bond acceptors (Lipinski definition) is 8. The van der Waals surface area contributed by atoms with E-state index in [2.05, 4.69) is 4.90 Å². The van der Waals surface area contributed by atoms with Gasteiger partial charge in [0.25, 0.3) is 0 Å². The van der Waals surface area contributed by atoms with Gasteiger partial charge >= 0.3 is 0 Å². The lowest BCUT2D eigenvalue weighted by atomic mass is 10.0. The molecule has 1 unspecified atom stereocenters. The zero-order chi connectivity index (χ0) is 24.1. The number of anilines is 1. The fourth-order valence-electron chi connectivity index (χ4n) is 3.96. The molecular weight excluding hydrogens is 438 g/mol. The summed E-state index contributed by atoms with van der Waals surface area (Å²) in [5.74, 6) is 0.727. The quantitative estimate of drug-likeness (QED) is 0.461. The molecule has 1 atom stereocenters. The van der Waals surface area contributed by atoms with Crippen molar-refractivity contribution in [2.24, 2.45) is 0 Å². The van der Waals surface area contributed by atoms with Crippen LogP contribution in [0.25, 0.3) is 11.3 Å². The summed E-state index contributed by atoms with van der Waals surface area (Å²) in [5.41, 5.74) is 2.45. The van der Waals surface area contributed by atoms with Crippen LogP contribution in [0.1, 0.15) is 29.1 Å². The summed E-state index contributed by atoms with van der Waals surface area (Å²) in [5, 5.41) is 10.2. The van der Waals surface area contributed by atoms with Crippen molar-refractivity contribution >= 4 is 11.5 Å². The van der Waals surface area contributed by atoms with Gasteiger partial charge in [-0.25, -0.2) is 0 Å². The molecule has 2 heterocycles. The van der Waals surface area contributed by atoms with Crippen LogP contribution in [-0.2, 0) is 9.47 Å². The molecule has 0 saturated carbocycles. The lowest BCUT2D eigenvalue weighted by Gasteiger charge is -2.29. The van der Waals surface area contributed by atoms with Gasteiger partial charge in [-0.1, -0.05) is 12.1 Å². The van der Waals surface area contributed by atoms with Crippen molar-refractivity contribution in [1.29, 1.82) is 0 Å². The lowest BCUT2D eigenvalue weighted by molar-refractivity contribution is 0.0429. The first-order chi connectivity index (χ1) is 16.5. The van der Waals surface area contributed by atoms with Gasteiger partial charge in [0, 0.05) is 30.9 Å². The van der Waals surface area contributed by atoms with E-state index in [1.54, 1.807) is 24.3 Å². The number of Topliss-reactive ketones (excluding diaryl/α,β-unsaturated/α-hetero) is 1. The van der Waals surface area contributed by atoms with E-state index >= 15 is 0 Å². The van der Waals surface area contributed by atoms with E-state index < -0.39 is 6.10 Å². The van der Waals surface area contributed by atoms with Crippen molar-refractivity contribution in [3.63, 3.8) is 0 Å². The van der Waals surface area contributed by atoms with Crippen LogP contribution in [0.4, 0.5) is 5.69 Å². The van der Waals surface area contributed by atoms with Crippen molar-refractivity contribution in [3.05, 3.63) is 59.9 Å². The molecule has 0 aliphatic carbocycles. The van der Waals surface area contributed by atoms with Crippen LogP contribution in [0.3, 0.4) is 0 Å². The normalized spacial score (nSPS) is 14.6. The Labute approximate surface area is 198 Å². The van der Waals surface area contributed by atoms with E-state index in [1.165, 1.54) is 14.2 Å². The van der Waals surface area contributed by atoms with Gasteiger partial charge in [-0.05, 0) is 48.9 Å². The number of ether oxygens (including phenoxy) is 4. The average Bonchev–Trinajstić information content (AvgIpc) is 3.38. The molecule has 34 heavy (non-hydrogen) atoms. The van der Waals surface area contributed by atoms with E-state index in [1.807, 2.05) is 31.2 Å². The first kappa shape index (κ1) is 23.7. The minimum Gasteiger partial charge on any atom is -0.502 e. The second-order valence-electron chi connectivity index (χ2n) is 7.78. The molecule has 0 bridgehead atoms. The minimum atomic E-state index is -0.786. The molecule has 2 aromatic carbocycles. The number of rotatable bonds is 9. The van der Waals surface area contributed by atoms with E-state index in [9.17, 15) is 9.90 Å². The Hall–Kier alpha value is -3.49. The minimum absolute atomic E-state index is 0.103. The van der Waals surface area contributed by atoms with Crippen molar-refractivity contribution < 1.29 is 33.3 Å². The molecule has 1 aliphatic rings. The molecule has 3 aromatic rings. The number of morpholine rings is 1. The van der Waals surface area contributed by atoms with Crippen LogP contribution < -0.4 is 14.4 Å². The molecular formula is C26H29NO7. The smallest absolute Gasteiger partial charge is 0.231 e. The summed E-state index contributed by atoms with van der Waals surface area (Å²) >= 11 is 0. The number of carbonyl (C=O) groups is 1. The van der Waals surface area contributed by atoms with Crippen LogP contribution in [0.5, 0.6) is 17.2 Å². The van der Waals surface area contributed by atoms with Crippen LogP contribution >= 0.6 is 0 Å². The molecule has 180 valence electrons. The zero-order valence-electron chi connectivity index (χ0n) is 19.6. The van der Waals surface area contributed by atoms with E-state index in [4.69, 9.17) is 23.4 Å². The topological polar surface area (TPSA) is 90.6 Å². The van der Waals surface area contributed by atoms with Crippen LogP contribution in [0.15, 0.2) is 52.9 Å². The van der Waals surface area contributed by atoms with Crippen molar-refractivity contribution in [2.75, 3.05) is 52.0 Å². The van der Waals surface area contributed by atoms with Gasteiger partial charge in [0.05, 0.1) is 27.4 Å². The largest absolute Gasteiger partial charge is 0.502 e. The summed E-state index contributed by atoms with van der Waals surface area (Å²) in [6, 6.07) is 14.4. The third-order valence-electron chi connectivity index (χ3n) is 5.76. The highest BCUT2D eigenvalue weighted by molar-refractivity contribution is 5.98. The highest BCUT2D eigenvalue weighted by Crippen LogP contribution is 2.41. The van der Waals surface area contributed by atoms with E-state index in [0.29, 0.717) is 31.1 Å². The SMILES string of the molecule is CCOC(C(=O)c1ccc(-c2cc(OC)c(O)c(OC)c2)o1)c1ccc(N2CCOCC2)cc1. The molecule has 1 saturated heterocycles. The Morgan fingerprint density at radius 3 is 2.26 bits per heavy atom. The molecule has 1 N–H and O–H groups in total. The molecule has 8 heteroatoms. The van der Waals surface area contributed by atoms with Gasteiger partial charge in [0.1, 0.15) is 11.9 Å². The Morgan fingerprint density at radius 2 is 1.68 bits per heavy atom. The molecule has 8 nitrogen and oxygen atoms in total. The molecule has 0 amide bonds. The fourth-order valence-corrected chi connectivity index (χ4v) is 3.96. The molecule has 4 rings (SSSR count). The van der Waals surface area contributed by atoms with Crippen LogP contribution in [0, 0.1) is 0 Å². The van der Waals surface area contributed by atoms with Crippen molar-refractivity contribution in [2.45, 2.75) is 13.0 Å².